The minimum absolute atomic E-state index is 0.0477. The fourth-order valence-electron chi connectivity index (χ4n) is 4.28. The summed E-state index contributed by atoms with van der Waals surface area (Å²) in [6.45, 7) is 5.31. The fourth-order valence-corrected chi connectivity index (χ4v) is 5.98. The van der Waals surface area contributed by atoms with Crippen molar-refractivity contribution in [3.8, 4) is 11.8 Å². The summed E-state index contributed by atoms with van der Waals surface area (Å²) in [5, 5.41) is 13.5. The van der Waals surface area contributed by atoms with Crippen molar-refractivity contribution in [2.75, 3.05) is 31.1 Å². The number of hydrogen-bond acceptors (Lipinski definition) is 7. The Balaban J connectivity index is 1.40. The number of carbonyl (C=O) groups excluding carboxylic acids is 1. The summed E-state index contributed by atoms with van der Waals surface area (Å²) in [6, 6.07) is 13.1. The van der Waals surface area contributed by atoms with Crippen LogP contribution in [0.3, 0.4) is 0 Å². The van der Waals surface area contributed by atoms with Crippen LogP contribution in [0.2, 0.25) is 0 Å². The molecule has 2 heterocycles. The first-order valence-corrected chi connectivity index (χ1v) is 13.4. The molecule has 1 aliphatic heterocycles. The molecule has 2 atom stereocenters. The SMILES string of the molecule is CC(=O)c1csc2ccc(C#Cc3ccc(N4CCN(N(C(C)CC(=O)O)S(=O)[O-])CC4)cc3)cc12. The Morgan fingerprint density at radius 1 is 1.11 bits per heavy atom. The van der Waals surface area contributed by atoms with E-state index in [0.717, 1.165) is 36.9 Å². The number of carboxylic acid groups (broad SMARTS) is 1. The number of carbonyl (C=O) groups is 2. The van der Waals surface area contributed by atoms with Crippen molar-refractivity contribution < 1.29 is 23.5 Å². The van der Waals surface area contributed by atoms with E-state index in [0.29, 0.717) is 26.2 Å². The quantitative estimate of drug-likeness (QED) is 0.287. The number of hydrogen-bond donors (Lipinski definition) is 1. The molecular weight excluding hydrogens is 498 g/mol. The average molecular weight is 525 g/mol. The first-order chi connectivity index (χ1) is 17.2. The normalized spacial score (nSPS) is 15.9. The van der Waals surface area contributed by atoms with Crippen LogP contribution in [0.1, 0.15) is 41.8 Å². The average Bonchev–Trinajstić information content (AvgIpc) is 3.27. The second-order valence-electron chi connectivity index (χ2n) is 8.62. The molecule has 0 bridgehead atoms. The fraction of sp³-hybridized carbons (Fsp3) is 0.308. The molecule has 2 unspecified atom stereocenters. The smallest absolute Gasteiger partial charge is 0.305 e. The third-order valence-electron chi connectivity index (χ3n) is 6.07. The molecule has 1 fully saturated rings. The number of carboxylic acids is 1. The van der Waals surface area contributed by atoms with Gasteiger partial charge in [0.15, 0.2) is 5.78 Å². The third-order valence-corrected chi connectivity index (χ3v) is 7.93. The molecule has 0 radical (unpaired) electrons. The van der Waals surface area contributed by atoms with Gasteiger partial charge in [-0.25, -0.2) is 5.01 Å². The molecular formula is C26H26N3O5S2-. The van der Waals surface area contributed by atoms with Crippen LogP contribution in [0, 0.1) is 11.8 Å². The van der Waals surface area contributed by atoms with Gasteiger partial charge < -0.3 is 14.6 Å². The first-order valence-electron chi connectivity index (χ1n) is 11.5. The zero-order chi connectivity index (χ0) is 25.8. The van der Waals surface area contributed by atoms with Gasteiger partial charge in [0.25, 0.3) is 0 Å². The lowest BCUT2D eigenvalue weighted by Gasteiger charge is -2.44. The van der Waals surface area contributed by atoms with Gasteiger partial charge in [0.05, 0.1) is 6.42 Å². The molecule has 36 heavy (non-hydrogen) atoms. The highest BCUT2D eigenvalue weighted by Gasteiger charge is 2.28. The van der Waals surface area contributed by atoms with Gasteiger partial charge in [-0.3, -0.25) is 13.8 Å². The van der Waals surface area contributed by atoms with Gasteiger partial charge >= 0.3 is 5.97 Å². The highest BCUT2D eigenvalue weighted by molar-refractivity contribution is 7.76. The van der Waals surface area contributed by atoms with Crippen LogP contribution in [0.25, 0.3) is 10.1 Å². The van der Waals surface area contributed by atoms with Crippen LogP contribution < -0.4 is 4.90 Å². The summed E-state index contributed by atoms with van der Waals surface area (Å²) in [4.78, 5) is 25.0. The zero-order valence-electron chi connectivity index (χ0n) is 20.0. The van der Waals surface area contributed by atoms with Gasteiger partial charge in [-0.1, -0.05) is 11.8 Å². The van der Waals surface area contributed by atoms with Crippen molar-refractivity contribution in [2.24, 2.45) is 0 Å². The molecule has 0 spiro atoms. The summed E-state index contributed by atoms with van der Waals surface area (Å²) < 4.78 is 25.6. The largest absolute Gasteiger partial charge is 0.759 e. The van der Waals surface area contributed by atoms with Gasteiger partial charge in [-0.05, 0) is 56.3 Å². The first kappa shape index (κ1) is 26.0. The van der Waals surface area contributed by atoms with E-state index in [1.807, 2.05) is 47.8 Å². The molecule has 4 rings (SSSR count). The number of ketones is 1. The maximum absolute atomic E-state index is 11.8. The molecule has 1 N–H and O–H groups in total. The van der Waals surface area contributed by atoms with Crippen molar-refractivity contribution in [3.05, 3.63) is 64.5 Å². The van der Waals surface area contributed by atoms with Gasteiger partial charge in [0, 0.05) is 81.3 Å². The van der Waals surface area contributed by atoms with Gasteiger partial charge in [-0.2, -0.15) is 4.41 Å². The van der Waals surface area contributed by atoms with E-state index in [1.165, 1.54) is 0 Å². The second kappa shape index (κ2) is 11.3. The van der Waals surface area contributed by atoms with E-state index in [1.54, 1.807) is 30.2 Å². The van der Waals surface area contributed by atoms with Crippen molar-refractivity contribution in [1.82, 2.24) is 9.42 Å². The summed E-state index contributed by atoms with van der Waals surface area (Å²) >= 11 is -0.984. The zero-order valence-corrected chi connectivity index (χ0v) is 21.6. The molecule has 8 nitrogen and oxygen atoms in total. The lowest BCUT2D eigenvalue weighted by atomic mass is 10.1. The number of benzene rings is 2. The van der Waals surface area contributed by atoms with Crippen molar-refractivity contribution in [2.45, 2.75) is 26.3 Å². The number of aliphatic carboxylic acids is 1. The van der Waals surface area contributed by atoms with Crippen LogP contribution in [0.15, 0.2) is 47.8 Å². The number of rotatable bonds is 7. The van der Waals surface area contributed by atoms with Crippen LogP contribution in [0.5, 0.6) is 0 Å². The van der Waals surface area contributed by atoms with E-state index in [4.69, 9.17) is 5.11 Å². The minimum Gasteiger partial charge on any atom is -0.759 e. The Morgan fingerprint density at radius 3 is 2.36 bits per heavy atom. The van der Waals surface area contributed by atoms with E-state index in [2.05, 4.69) is 16.7 Å². The Labute approximate surface area is 216 Å². The van der Waals surface area contributed by atoms with E-state index >= 15 is 0 Å². The van der Waals surface area contributed by atoms with Crippen molar-refractivity contribution >= 4 is 50.1 Å². The monoisotopic (exact) mass is 524 g/mol. The third kappa shape index (κ3) is 6.00. The summed E-state index contributed by atoms with van der Waals surface area (Å²) in [5.74, 6) is 5.37. The Hall–Kier alpha value is -3.07. The summed E-state index contributed by atoms with van der Waals surface area (Å²) in [7, 11) is 0. The lowest BCUT2D eigenvalue weighted by Crippen LogP contribution is -2.57. The Kier molecular flexibility index (Phi) is 8.18. The predicted molar refractivity (Wildman–Crippen MR) is 141 cm³/mol. The van der Waals surface area contributed by atoms with Crippen LogP contribution in [0.4, 0.5) is 5.69 Å². The van der Waals surface area contributed by atoms with Crippen molar-refractivity contribution in [1.29, 1.82) is 0 Å². The number of fused-ring (bicyclic) bond motifs is 1. The van der Waals surface area contributed by atoms with Crippen LogP contribution in [-0.4, -0.2) is 67.3 Å². The van der Waals surface area contributed by atoms with Gasteiger partial charge in [0.2, 0.25) is 0 Å². The number of piperazine rings is 1. The maximum Gasteiger partial charge on any atom is 0.305 e. The van der Waals surface area contributed by atoms with Gasteiger partial charge in [0.1, 0.15) is 0 Å². The maximum atomic E-state index is 11.8. The highest BCUT2D eigenvalue weighted by Crippen LogP contribution is 2.27. The molecule has 1 aromatic heterocycles. The number of nitrogens with zero attached hydrogens (tertiary/aromatic N) is 3. The number of thiophene rings is 1. The lowest BCUT2D eigenvalue weighted by molar-refractivity contribution is -0.139. The predicted octanol–water partition coefficient (Wildman–Crippen LogP) is 3.50. The summed E-state index contributed by atoms with van der Waals surface area (Å²) in [5.41, 5.74) is 3.45. The van der Waals surface area contributed by atoms with Crippen molar-refractivity contribution in [3.63, 3.8) is 0 Å². The van der Waals surface area contributed by atoms with Crippen LogP contribution >= 0.6 is 11.3 Å². The van der Waals surface area contributed by atoms with Gasteiger partial charge in [-0.15, -0.1) is 11.3 Å². The Bertz CT molecular complexity index is 1350. The summed E-state index contributed by atoms with van der Waals surface area (Å²) in [6.07, 6.45) is -0.254. The molecule has 188 valence electrons. The molecule has 1 aliphatic rings. The number of hydrazine groups is 1. The second-order valence-corrected chi connectivity index (χ2v) is 10.3. The minimum atomic E-state index is -2.54. The molecule has 0 amide bonds. The highest BCUT2D eigenvalue weighted by atomic mass is 32.2. The molecule has 3 aromatic rings. The topological polar surface area (TPSA) is 104 Å². The number of Topliss-reactive ketones (excluding diaryl/α,β-unsaturated/α-hetero) is 1. The number of anilines is 1. The van der Waals surface area contributed by atoms with E-state index < -0.39 is 23.3 Å². The van der Waals surface area contributed by atoms with E-state index in [-0.39, 0.29) is 12.2 Å². The molecule has 2 aromatic carbocycles. The molecule has 10 heteroatoms. The molecule has 1 saturated heterocycles. The van der Waals surface area contributed by atoms with Crippen LogP contribution in [-0.2, 0) is 16.1 Å². The van der Waals surface area contributed by atoms with E-state index in [9.17, 15) is 18.4 Å². The molecule has 0 aliphatic carbocycles. The Morgan fingerprint density at radius 2 is 1.75 bits per heavy atom. The molecule has 0 saturated carbocycles. The standard InChI is InChI=1S/C26H27N3O5S2/c1-18(15-26(31)32)29(36(33)34)28-13-11-27(12-14-28)22-8-5-20(6-9-22)3-4-21-7-10-25-23(16-21)24(17-35-25)19(2)30/h5-10,16-18H,11-15H2,1-2H3,(H,31,32)(H,33,34)/p-1.